The Balaban J connectivity index is 0.00000144. The first-order valence-electron chi connectivity index (χ1n) is 5.23. The first kappa shape index (κ1) is 14.2. The number of quaternary nitrogens is 1. The molecule has 1 aliphatic rings. The third-order valence-electron chi connectivity index (χ3n) is 2.94. The first-order chi connectivity index (χ1) is 7.54. The Morgan fingerprint density at radius 3 is 2.76 bits per heavy atom. The van der Waals surface area contributed by atoms with E-state index in [2.05, 4.69) is 14.1 Å². The number of esters is 1. The van der Waals surface area contributed by atoms with Gasteiger partial charge in [-0.3, -0.25) is 4.48 Å². The van der Waals surface area contributed by atoms with Crippen molar-refractivity contribution in [2.45, 2.75) is 0 Å². The van der Waals surface area contributed by atoms with E-state index in [1.54, 1.807) is 6.07 Å². The topological polar surface area (TPSA) is 35.5 Å². The molecule has 0 spiro atoms. The van der Waals surface area contributed by atoms with Crippen LogP contribution in [0, 0.1) is 0 Å². The highest BCUT2D eigenvalue weighted by Gasteiger charge is 2.29. The zero-order valence-corrected chi connectivity index (χ0v) is 12.4. The Morgan fingerprint density at radius 2 is 2.12 bits per heavy atom. The van der Waals surface area contributed by atoms with Crippen LogP contribution in [-0.4, -0.2) is 40.3 Å². The van der Waals surface area contributed by atoms with Gasteiger partial charge in [-0.2, -0.15) is 0 Å². The normalized spacial score (nSPS) is 16.2. The van der Waals surface area contributed by atoms with Crippen LogP contribution in [0.2, 0.25) is 0 Å². The number of likely N-dealkylation sites (N-methyl/N-ethyl adjacent to an activating group) is 1. The molecule has 0 radical (unpaired) electrons. The Kier molecular flexibility index (Phi) is 4.37. The van der Waals surface area contributed by atoms with Gasteiger partial charge in [0.15, 0.2) is 11.4 Å². The lowest BCUT2D eigenvalue weighted by Crippen LogP contribution is -3.00. The molecular formula is C12H16INO3. The molecule has 0 aliphatic carbocycles. The Hall–Kier alpha value is -0.820. The number of carbonyl (C=O) groups excluding carboxylic acids is 1. The van der Waals surface area contributed by atoms with Gasteiger partial charge in [-0.05, 0) is 12.1 Å². The summed E-state index contributed by atoms with van der Waals surface area (Å²) in [5.74, 6) is 0.539. The second kappa shape index (κ2) is 5.22. The molecule has 0 bridgehead atoms. The molecule has 0 saturated heterocycles. The summed E-state index contributed by atoms with van der Waals surface area (Å²) in [7, 11) is 5.59. The molecule has 0 atom stereocenters. The lowest BCUT2D eigenvalue weighted by molar-refractivity contribution is -0.0000189. The van der Waals surface area contributed by atoms with Crippen molar-refractivity contribution < 1.29 is 38.2 Å². The molecule has 5 heteroatoms. The highest BCUT2D eigenvalue weighted by Crippen LogP contribution is 2.35. The maximum atomic E-state index is 11.4. The molecule has 2 rings (SSSR count). The minimum absolute atomic E-state index is 0. The molecule has 1 aromatic rings. The highest BCUT2D eigenvalue weighted by atomic mass is 127. The Morgan fingerprint density at radius 1 is 1.41 bits per heavy atom. The molecule has 0 unspecified atom stereocenters. The van der Waals surface area contributed by atoms with Gasteiger partial charge in [0.1, 0.15) is 13.2 Å². The first-order valence-corrected chi connectivity index (χ1v) is 5.23. The van der Waals surface area contributed by atoms with Crippen LogP contribution in [0.15, 0.2) is 18.2 Å². The Labute approximate surface area is 118 Å². The maximum absolute atomic E-state index is 11.4. The van der Waals surface area contributed by atoms with Gasteiger partial charge >= 0.3 is 5.97 Å². The zero-order chi connectivity index (χ0) is 11.8. The second-order valence-electron chi connectivity index (χ2n) is 4.43. The SMILES string of the molecule is COC(=O)c1ccc2c(c1)[N+](C)(C)CCO2.[I-]. The molecule has 0 N–H and O–H groups in total. The van der Waals surface area contributed by atoms with E-state index in [1.165, 1.54) is 7.11 Å². The third kappa shape index (κ3) is 2.71. The number of rotatable bonds is 1. The lowest BCUT2D eigenvalue weighted by Gasteiger charge is -2.34. The van der Waals surface area contributed by atoms with Gasteiger partial charge in [0.2, 0.25) is 0 Å². The van der Waals surface area contributed by atoms with Crippen LogP contribution in [0.1, 0.15) is 10.4 Å². The quantitative estimate of drug-likeness (QED) is 0.350. The molecule has 1 aromatic carbocycles. The number of benzene rings is 1. The lowest BCUT2D eigenvalue weighted by atomic mass is 10.1. The van der Waals surface area contributed by atoms with Crippen LogP contribution in [0.4, 0.5) is 5.69 Å². The average Bonchev–Trinajstić information content (AvgIpc) is 2.27. The average molecular weight is 349 g/mol. The fourth-order valence-electron chi connectivity index (χ4n) is 1.86. The van der Waals surface area contributed by atoms with E-state index in [0.29, 0.717) is 12.2 Å². The zero-order valence-electron chi connectivity index (χ0n) is 10.2. The van der Waals surface area contributed by atoms with E-state index in [-0.39, 0.29) is 29.9 Å². The summed E-state index contributed by atoms with van der Waals surface area (Å²) in [4.78, 5) is 11.4. The maximum Gasteiger partial charge on any atom is 0.338 e. The number of fused-ring (bicyclic) bond motifs is 1. The smallest absolute Gasteiger partial charge is 0.338 e. The van der Waals surface area contributed by atoms with Crippen LogP contribution >= 0.6 is 0 Å². The van der Waals surface area contributed by atoms with E-state index in [4.69, 9.17) is 9.47 Å². The number of halogens is 1. The summed E-state index contributed by atoms with van der Waals surface area (Å²) in [5.41, 5.74) is 1.59. The van der Waals surface area contributed by atoms with Crippen LogP contribution in [0.3, 0.4) is 0 Å². The highest BCUT2D eigenvalue weighted by molar-refractivity contribution is 5.91. The summed E-state index contributed by atoms with van der Waals surface area (Å²) in [6, 6.07) is 5.41. The van der Waals surface area contributed by atoms with E-state index in [1.807, 2.05) is 12.1 Å². The van der Waals surface area contributed by atoms with Crippen molar-refractivity contribution in [1.29, 1.82) is 0 Å². The monoisotopic (exact) mass is 349 g/mol. The molecule has 0 fully saturated rings. The van der Waals surface area contributed by atoms with Crippen molar-refractivity contribution in [3.8, 4) is 5.75 Å². The van der Waals surface area contributed by atoms with E-state index in [9.17, 15) is 4.79 Å². The molecule has 4 nitrogen and oxygen atoms in total. The van der Waals surface area contributed by atoms with Crippen LogP contribution in [-0.2, 0) is 4.74 Å². The van der Waals surface area contributed by atoms with Gasteiger partial charge < -0.3 is 33.5 Å². The van der Waals surface area contributed by atoms with Gasteiger partial charge in [0.25, 0.3) is 0 Å². The molecule has 17 heavy (non-hydrogen) atoms. The van der Waals surface area contributed by atoms with Crippen LogP contribution in [0.5, 0.6) is 5.75 Å². The molecule has 0 amide bonds. The standard InChI is InChI=1S/C12H16NO3.HI/c1-13(2)6-7-16-11-5-4-9(8-10(11)13)12(14)15-3;/h4-5,8H,6-7H2,1-3H3;1H/q+1;/p-1. The van der Waals surface area contributed by atoms with Crippen molar-refractivity contribution in [1.82, 2.24) is 4.48 Å². The van der Waals surface area contributed by atoms with Crippen LogP contribution < -0.4 is 33.2 Å². The fraction of sp³-hybridized carbons (Fsp3) is 0.417. The fourth-order valence-corrected chi connectivity index (χ4v) is 1.86. The van der Waals surface area contributed by atoms with Crippen LogP contribution in [0.25, 0.3) is 0 Å². The van der Waals surface area contributed by atoms with Gasteiger partial charge in [-0.15, -0.1) is 0 Å². The van der Waals surface area contributed by atoms with Crippen molar-refractivity contribution in [2.75, 3.05) is 34.4 Å². The number of ether oxygens (including phenoxy) is 2. The summed E-state index contributed by atoms with van der Waals surface area (Å²) in [5, 5.41) is 0. The number of hydrogen-bond acceptors (Lipinski definition) is 3. The largest absolute Gasteiger partial charge is 1.00 e. The predicted molar refractivity (Wildman–Crippen MR) is 61.8 cm³/mol. The van der Waals surface area contributed by atoms with E-state index >= 15 is 0 Å². The van der Waals surface area contributed by atoms with E-state index in [0.717, 1.165) is 22.5 Å². The van der Waals surface area contributed by atoms with Crippen molar-refractivity contribution in [3.05, 3.63) is 23.8 Å². The minimum atomic E-state index is -0.312. The molecule has 1 heterocycles. The summed E-state index contributed by atoms with van der Waals surface area (Å²) >= 11 is 0. The second-order valence-corrected chi connectivity index (χ2v) is 4.43. The number of nitrogens with zero attached hydrogens (tertiary/aromatic N) is 1. The molecule has 1 aliphatic heterocycles. The minimum Gasteiger partial charge on any atom is -1.00 e. The summed E-state index contributed by atoms with van der Waals surface area (Å²) in [6.45, 7) is 1.61. The van der Waals surface area contributed by atoms with Gasteiger partial charge in [-0.1, -0.05) is 0 Å². The number of carbonyl (C=O) groups is 1. The molecular weight excluding hydrogens is 333 g/mol. The molecule has 0 saturated carbocycles. The third-order valence-corrected chi connectivity index (χ3v) is 2.94. The summed E-state index contributed by atoms with van der Waals surface area (Å²) in [6.07, 6.45) is 0. The van der Waals surface area contributed by atoms with Crippen molar-refractivity contribution in [3.63, 3.8) is 0 Å². The molecule has 94 valence electrons. The van der Waals surface area contributed by atoms with Crippen molar-refractivity contribution >= 4 is 11.7 Å². The summed E-state index contributed by atoms with van der Waals surface area (Å²) < 4.78 is 11.0. The number of methoxy groups -OCH3 is 1. The Bertz CT molecular complexity index is 432. The predicted octanol–water partition coefficient (Wildman–Crippen LogP) is -1.56. The number of hydrogen-bond donors (Lipinski definition) is 0. The van der Waals surface area contributed by atoms with Crippen molar-refractivity contribution in [2.24, 2.45) is 0 Å². The van der Waals surface area contributed by atoms with Gasteiger partial charge in [0, 0.05) is 6.07 Å². The van der Waals surface area contributed by atoms with Gasteiger partial charge in [-0.25, -0.2) is 4.79 Å². The van der Waals surface area contributed by atoms with Gasteiger partial charge in [0.05, 0.1) is 26.8 Å². The van der Waals surface area contributed by atoms with E-state index < -0.39 is 0 Å². The molecule has 0 aromatic heterocycles.